The van der Waals surface area contributed by atoms with Gasteiger partial charge >= 0.3 is 6.03 Å². The zero-order valence-corrected chi connectivity index (χ0v) is 34.0. The second kappa shape index (κ2) is 19.8. The molecule has 5 rings (SSSR count). The van der Waals surface area contributed by atoms with Crippen molar-refractivity contribution >= 4 is 39.5 Å². The van der Waals surface area contributed by atoms with Crippen LogP contribution in [-0.2, 0) is 34.3 Å². The molecule has 4 N–H and O–H groups in total. The molecular weight excluding hydrogens is 739 g/mol. The van der Waals surface area contributed by atoms with Crippen molar-refractivity contribution in [3.63, 3.8) is 0 Å². The number of amides is 3. The summed E-state index contributed by atoms with van der Waals surface area (Å²) in [7, 11) is -4.05. The summed E-state index contributed by atoms with van der Waals surface area (Å²) in [6, 6.07) is 14.0. The number of hydrogen-bond acceptors (Lipinski definition) is 10. The summed E-state index contributed by atoms with van der Waals surface area (Å²) in [5, 5.41) is 33.3. The van der Waals surface area contributed by atoms with Crippen LogP contribution in [-0.4, -0.2) is 106 Å². The molecule has 3 aromatic rings. The first-order chi connectivity index (χ1) is 26.4. The molecule has 0 radical (unpaired) electrons. The first kappa shape index (κ1) is 42.3. The van der Waals surface area contributed by atoms with Crippen molar-refractivity contribution in [2.45, 2.75) is 108 Å². The Morgan fingerprint density at radius 2 is 1.80 bits per heavy atom. The molecule has 1 aliphatic heterocycles. The maximum absolute atomic E-state index is 14.4. The fourth-order valence-corrected chi connectivity index (χ4v) is 9.64. The minimum atomic E-state index is -4.05. The monoisotopic (exact) mass is 795 g/mol. The number of carbonyl (C=O) groups is 2. The van der Waals surface area contributed by atoms with Gasteiger partial charge in [0.2, 0.25) is 15.9 Å². The molecule has 1 saturated carbocycles. The van der Waals surface area contributed by atoms with Crippen LogP contribution < -0.4 is 10.6 Å². The highest BCUT2D eigenvalue weighted by Crippen LogP contribution is 2.29. The van der Waals surface area contributed by atoms with E-state index in [1.807, 2.05) is 49.6 Å². The van der Waals surface area contributed by atoms with Crippen molar-refractivity contribution in [3.05, 3.63) is 81.8 Å². The fraction of sp³-hybridized carbons (Fsp3) is 0.550. The van der Waals surface area contributed by atoms with E-state index in [4.69, 9.17) is 10.2 Å². The van der Waals surface area contributed by atoms with Gasteiger partial charge in [0.25, 0.3) is 0 Å². The van der Waals surface area contributed by atoms with Gasteiger partial charge in [0.15, 0.2) is 0 Å². The zero-order chi connectivity index (χ0) is 39.5. The van der Waals surface area contributed by atoms with E-state index in [9.17, 15) is 23.1 Å². The number of nitrogens with zero attached hydrogens (tertiary/aromatic N) is 5. The van der Waals surface area contributed by atoms with E-state index in [0.717, 1.165) is 41.9 Å². The highest BCUT2D eigenvalue weighted by Gasteiger charge is 2.41. The van der Waals surface area contributed by atoms with Gasteiger partial charge in [-0.2, -0.15) is 4.31 Å². The van der Waals surface area contributed by atoms with Gasteiger partial charge in [-0.1, -0.05) is 94.6 Å². The molecule has 0 bridgehead atoms. The van der Waals surface area contributed by atoms with Crippen LogP contribution in [0.2, 0.25) is 0 Å². The lowest BCUT2D eigenvalue weighted by molar-refractivity contribution is -0.128. The van der Waals surface area contributed by atoms with E-state index in [-0.39, 0.29) is 48.2 Å². The van der Waals surface area contributed by atoms with Crippen LogP contribution in [0, 0.1) is 11.8 Å². The number of aliphatic hydroxyl groups excluding tert-OH is 1. The molecule has 1 aliphatic carbocycles. The van der Waals surface area contributed by atoms with Gasteiger partial charge in [0.05, 0.1) is 35.5 Å². The molecule has 300 valence electrons. The van der Waals surface area contributed by atoms with Crippen molar-refractivity contribution in [2.24, 2.45) is 17.0 Å². The molecule has 2 unspecified atom stereocenters. The zero-order valence-electron chi connectivity index (χ0n) is 32.4. The number of thiazole rings is 1. The summed E-state index contributed by atoms with van der Waals surface area (Å²) >= 11 is 1.55. The van der Waals surface area contributed by atoms with E-state index in [2.05, 4.69) is 29.6 Å². The van der Waals surface area contributed by atoms with Crippen molar-refractivity contribution < 1.29 is 28.3 Å². The highest BCUT2D eigenvalue weighted by atomic mass is 32.2. The molecular formula is C40H57N7O6S2. The molecule has 2 fully saturated rings. The van der Waals surface area contributed by atoms with Crippen LogP contribution >= 0.6 is 11.3 Å². The molecule has 55 heavy (non-hydrogen) atoms. The number of urea groups is 1. The summed E-state index contributed by atoms with van der Waals surface area (Å²) in [5.74, 6) is -0.424. The van der Waals surface area contributed by atoms with Gasteiger partial charge in [-0.3, -0.25) is 4.79 Å². The molecule has 4 atom stereocenters. The second-order valence-corrected chi connectivity index (χ2v) is 18.0. The molecule has 3 amide bonds. The SMILES string of the molecule is CCC(C)C(C(=O)N[C@@H](Cc1ccccc1)[C@H](O)CN(CC1CCCC1)S(=O)(=O)c1ccc(/C=N/O)cc1)N1CCN(Cc2csc(CNC(C)C)n2)C1=O. The number of oxime groups is 1. The van der Waals surface area contributed by atoms with Crippen LogP contribution in [0.1, 0.15) is 81.6 Å². The number of aliphatic hydroxyl groups is 1. The maximum Gasteiger partial charge on any atom is 0.321 e. The van der Waals surface area contributed by atoms with Crippen LogP contribution in [0.25, 0.3) is 0 Å². The van der Waals surface area contributed by atoms with E-state index >= 15 is 0 Å². The Balaban J connectivity index is 1.36. The number of nitrogens with one attached hydrogen (secondary N) is 2. The Labute approximate surface area is 329 Å². The maximum atomic E-state index is 14.4. The number of carbonyl (C=O) groups excluding carboxylic acids is 2. The first-order valence-electron chi connectivity index (χ1n) is 19.4. The van der Waals surface area contributed by atoms with Crippen molar-refractivity contribution in [2.75, 3.05) is 26.2 Å². The molecule has 15 heteroatoms. The Hall–Kier alpha value is -3.89. The molecule has 1 aromatic heterocycles. The normalized spacial score (nSPS) is 17.8. The number of rotatable bonds is 20. The standard InChI is InChI=1S/C40H57N7O6S2/c1-5-29(4)38(47-20-19-45(40(47)50)25-33-27-54-37(43-33)23-41-28(2)3)39(49)44-35(21-30-11-7-6-8-12-30)36(48)26-46(24-32-13-9-10-14-32)55(52,53)34-17-15-31(16-18-34)22-42-51/h6-8,11-12,15-18,22,27-29,32,35-36,38,41,48,51H,5,9-10,13-14,19-21,23-26H2,1-4H3,(H,44,49)/b42-22+/t29?,35-,36+,38?/m0/s1. The lowest BCUT2D eigenvalue weighted by Gasteiger charge is -2.35. The van der Waals surface area contributed by atoms with E-state index in [1.54, 1.807) is 33.3 Å². The fourth-order valence-electron chi connectivity index (χ4n) is 7.37. The average molecular weight is 796 g/mol. The lowest BCUT2D eigenvalue weighted by Crippen LogP contribution is -2.57. The summed E-state index contributed by atoms with van der Waals surface area (Å²) in [6.45, 7) is 9.93. The van der Waals surface area contributed by atoms with Crippen molar-refractivity contribution in [1.29, 1.82) is 0 Å². The minimum Gasteiger partial charge on any atom is -0.411 e. The van der Waals surface area contributed by atoms with Crippen LogP contribution in [0.3, 0.4) is 0 Å². The lowest BCUT2D eigenvalue weighted by atomic mass is 9.95. The Kier molecular flexibility index (Phi) is 15.2. The number of sulfonamides is 1. The smallest absolute Gasteiger partial charge is 0.321 e. The van der Waals surface area contributed by atoms with Crippen LogP contribution in [0.5, 0.6) is 0 Å². The third kappa shape index (κ3) is 11.3. The van der Waals surface area contributed by atoms with E-state index < -0.39 is 28.2 Å². The van der Waals surface area contributed by atoms with Gasteiger partial charge in [0, 0.05) is 44.1 Å². The van der Waals surface area contributed by atoms with Gasteiger partial charge in [-0.15, -0.1) is 11.3 Å². The van der Waals surface area contributed by atoms with E-state index in [0.29, 0.717) is 44.2 Å². The van der Waals surface area contributed by atoms with Crippen LogP contribution in [0.4, 0.5) is 4.79 Å². The predicted molar refractivity (Wildman–Crippen MR) is 214 cm³/mol. The minimum absolute atomic E-state index is 0.0615. The molecule has 2 aliphatic rings. The number of benzene rings is 2. The molecule has 1 saturated heterocycles. The predicted octanol–water partition coefficient (Wildman–Crippen LogP) is 5.07. The molecule has 2 heterocycles. The summed E-state index contributed by atoms with van der Waals surface area (Å²) in [5.41, 5.74) is 2.22. The van der Waals surface area contributed by atoms with Crippen molar-refractivity contribution in [3.8, 4) is 0 Å². The third-order valence-electron chi connectivity index (χ3n) is 10.7. The number of hydrogen-bond donors (Lipinski definition) is 4. The topological polar surface area (TPSA) is 168 Å². The van der Waals surface area contributed by atoms with Crippen molar-refractivity contribution in [1.82, 2.24) is 29.7 Å². The molecule has 2 aromatic carbocycles. The highest BCUT2D eigenvalue weighted by molar-refractivity contribution is 7.89. The van der Waals surface area contributed by atoms with Gasteiger partial charge < -0.3 is 30.7 Å². The number of aromatic nitrogens is 1. The Morgan fingerprint density at radius 3 is 2.45 bits per heavy atom. The van der Waals surface area contributed by atoms with E-state index in [1.165, 1.54) is 22.7 Å². The van der Waals surface area contributed by atoms with Gasteiger partial charge in [-0.05, 0) is 54.4 Å². The molecule has 13 nitrogen and oxygen atoms in total. The first-order valence-corrected chi connectivity index (χ1v) is 21.7. The molecule has 0 spiro atoms. The largest absolute Gasteiger partial charge is 0.411 e. The Morgan fingerprint density at radius 1 is 1.09 bits per heavy atom. The summed E-state index contributed by atoms with van der Waals surface area (Å²) < 4.78 is 29.7. The third-order valence-corrected chi connectivity index (χ3v) is 13.4. The van der Waals surface area contributed by atoms with Gasteiger partial charge in [0.1, 0.15) is 11.0 Å². The second-order valence-electron chi connectivity index (χ2n) is 15.2. The van der Waals surface area contributed by atoms with Gasteiger partial charge in [-0.25, -0.2) is 18.2 Å². The quantitative estimate of drug-likeness (QED) is 0.0699. The van der Waals surface area contributed by atoms with Crippen LogP contribution in [0.15, 0.2) is 70.0 Å². The summed E-state index contributed by atoms with van der Waals surface area (Å²) in [6.07, 6.45) is 4.68. The Bertz CT molecular complexity index is 1820. The summed E-state index contributed by atoms with van der Waals surface area (Å²) in [4.78, 5) is 36.5. The average Bonchev–Trinajstić information content (AvgIpc) is 3.94.